The van der Waals surface area contributed by atoms with Crippen LogP contribution >= 0.6 is 0 Å². The lowest BCUT2D eigenvalue weighted by Crippen LogP contribution is -2.34. The highest BCUT2D eigenvalue weighted by atomic mass is 19.1. The van der Waals surface area contributed by atoms with Crippen molar-refractivity contribution >= 4 is 6.09 Å². The Morgan fingerprint density at radius 3 is 2.73 bits per heavy atom. The summed E-state index contributed by atoms with van der Waals surface area (Å²) < 4.78 is 19.6. The van der Waals surface area contributed by atoms with Crippen molar-refractivity contribution < 1.29 is 19.0 Å². The van der Waals surface area contributed by atoms with Crippen LogP contribution in [0, 0.1) is 11.2 Å². The topological polar surface area (TPSA) is 58.6 Å². The van der Waals surface area contributed by atoms with Gasteiger partial charge in [0.2, 0.25) is 0 Å². The van der Waals surface area contributed by atoms with Crippen molar-refractivity contribution in [3.8, 4) is 16.9 Å². The van der Waals surface area contributed by atoms with Gasteiger partial charge in [0.25, 0.3) is 0 Å². The van der Waals surface area contributed by atoms with Crippen molar-refractivity contribution in [1.82, 2.24) is 5.32 Å². The molecule has 0 spiro atoms. The van der Waals surface area contributed by atoms with Gasteiger partial charge in [-0.1, -0.05) is 39.0 Å². The van der Waals surface area contributed by atoms with Crippen LogP contribution in [0.5, 0.6) is 5.75 Å². The third-order valence-electron chi connectivity index (χ3n) is 4.83. The molecule has 0 aliphatic heterocycles. The van der Waals surface area contributed by atoms with Crippen LogP contribution in [0.15, 0.2) is 36.4 Å². The molecule has 1 amide bonds. The monoisotopic (exact) mass is 357 g/mol. The summed E-state index contributed by atoms with van der Waals surface area (Å²) in [7, 11) is 0. The van der Waals surface area contributed by atoms with Gasteiger partial charge in [-0.3, -0.25) is 0 Å². The second kappa shape index (κ2) is 6.98. The summed E-state index contributed by atoms with van der Waals surface area (Å²) in [5.74, 6) is 0.188. The summed E-state index contributed by atoms with van der Waals surface area (Å²) >= 11 is 0. The van der Waals surface area contributed by atoms with Gasteiger partial charge in [-0.05, 0) is 52.6 Å². The fourth-order valence-corrected chi connectivity index (χ4v) is 3.66. The van der Waals surface area contributed by atoms with E-state index in [9.17, 15) is 9.18 Å². The number of hydrogen-bond donors (Lipinski definition) is 2. The molecular weight excluding hydrogens is 333 g/mol. The van der Waals surface area contributed by atoms with Crippen molar-refractivity contribution in [3.05, 3.63) is 53.3 Å². The van der Waals surface area contributed by atoms with E-state index in [1.807, 2.05) is 45.0 Å². The zero-order valence-electron chi connectivity index (χ0n) is 15.3. The minimum absolute atomic E-state index is 0.212. The Hall–Kier alpha value is -2.56. The van der Waals surface area contributed by atoms with E-state index in [4.69, 9.17) is 9.84 Å². The van der Waals surface area contributed by atoms with E-state index in [0.29, 0.717) is 12.4 Å². The third kappa shape index (κ3) is 3.66. The number of nitrogens with one attached hydrogen (secondary N) is 1. The van der Waals surface area contributed by atoms with E-state index in [-0.39, 0.29) is 17.3 Å². The zero-order valence-corrected chi connectivity index (χ0v) is 15.3. The number of ether oxygens (including phenoxy) is 1. The van der Waals surface area contributed by atoms with Crippen molar-refractivity contribution in [1.29, 1.82) is 0 Å². The lowest BCUT2D eigenvalue weighted by molar-refractivity contribution is 0.175. The van der Waals surface area contributed by atoms with Crippen LogP contribution in [-0.2, 0) is 6.42 Å². The van der Waals surface area contributed by atoms with E-state index in [1.165, 1.54) is 12.1 Å². The van der Waals surface area contributed by atoms with Gasteiger partial charge >= 0.3 is 6.09 Å². The fourth-order valence-electron chi connectivity index (χ4n) is 3.66. The molecule has 0 fully saturated rings. The molecule has 1 unspecified atom stereocenters. The molecule has 0 saturated heterocycles. The predicted molar refractivity (Wildman–Crippen MR) is 99.0 cm³/mol. The first-order chi connectivity index (χ1) is 12.3. The Labute approximate surface area is 153 Å². The molecular formula is C21H24FNO3. The van der Waals surface area contributed by atoms with Crippen LogP contribution in [0.2, 0.25) is 0 Å². The van der Waals surface area contributed by atoms with Gasteiger partial charge < -0.3 is 15.2 Å². The molecule has 3 rings (SSSR count). The van der Waals surface area contributed by atoms with Crippen LogP contribution in [0.25, 0.3) is 11.1 Å². The Morgan fingerprint density at radius 1 is 1.27 bits per heavy atom. The smallest absolute Gasteiger partial charge is 0.405 e. The normalized spacial score (nSPS) is 17.6. The molecule has 2 aromatic rings. The predicted octanol–water partition coefficient (Wildman–Crippen LogP) is 5.17. The average molecular weight is 357 g/mol. The first-order valence-corrected chi connectivity index (χ1v) is 8.86. The number of fused-ring (bicyclic) bond motifs is 1. The van der Waals surface area contributed by atoms with Gasteiger partial charge in [-0.2, -0.15) is 0 Å². The molecule has 2 N–H and O–H groups in total. The first kappa shape index (κ1) is 18.2. The summed E-state index contributed by atoms with van der Waals surface area (Å²) in [5.41, 5.74) is 3.52. The fraction of sp³-hybridized carbons (Fsp3) is 0.381. The molecule has 0 bridgehead atoms. The molecule has 4 nitrogen and oxygen atoms in total. The van der Waals surface area contributed by atoms with E-state index in [2.05, 4.69) is 5.32 Å². The Balaban J connectivity index is 1.96. The van der Waals surface area contributed by atoms with Gasteiger partial charge in [0.15, 0.2) is 0 Å². The van der Waals surface area contributed by atoms with Gasteiger partial charge in [-0.25, -0.2) is 9.18 Å². The largest absolute Gasteiger partial charge is 0.493 e. The number of hydrogen-bond acceptors (Lipinski definition) is 2. The highest BCUT2D eigenvalue weighted by Crippen LogP contribution is 2.46. The van der Waals surface area contributed by atoms with Gasteiger partial charge in [-0.15, -0.1) is 0 Å². The maximum atomic E-state index is 14.0. The minimum Gasteiger partial charge on any atom is -0.493 e. The second-order valence-corrected chi connectivity index (χ2v) is 7.49. The number of carboxylic acid groups (broad SMARTS) is 1. The molecule has 1 atom stereocenters. The van der Waals surface area contributed by atoms with Crippen LogP contribution in [0.3, 0.4) is 0 Å². The third-order valence-corrected chi connectivity index (χ3v) is 4.83. The standard InChI is InChI=1S/C21H24FNO3/c1-4-7-26-17-10-14(9-16(22)11-17)13-5-6-18-15(8-13)12-21(2,3)19(18)23-20(24)25/h5-6,8-11,19,23H,4,7,12H2,1-3H3,(H,24,25). The van der Waals surface area contributed by atoms with Crippen molar-refractivity contribution in [3.63, 3.8) is 0 Å². The van der Waals surface area contributed by atoms with Gasteiger partial charge in [0.1, 0.15) is 11.6 Å². The minimum atomic E-state index is -1.03. The number of carbonyl (C=O) groups is 1. The van der Waals surface area contributed by atoms with E-state index in [0.717, 1.165) is 35.1 Å². The summed E-state index contributed by atoms with van der Waals surface area (Å²) in [6, 6.07) is 10.4. The Kier molecular flexibility index (Phi) is 4.90. The lowest BCUT2D eigenvalue weighted by Gasteiger charge is -2.27. The van der Waals surface area contributed by atoms with Crippen LogP contribution in [0.1, 0.15) is 44.4 Å². The highest BCUT2D eigenvalue weighted by molar-refractivity contribution is 5.69. The van der Waals surface area contributed by atoms with Gasteiger partial charge in [0.05, 0.1) is 12.6 Å². The Morgan fingerprint density at radius 2 is 2.04 bits per heavy atom. The van der Waals surface area contributed by atoms with Crippen molar-refractivity contribution in [2.24, 2.45) is 5.41 Å². The van der Waals surface area contributed by atoms with E-state index in [1.54, 1.807) is 0 Å². The van der Waals surface area contributed by atoms with Crippen LogP contribution < -0.4 is 10.1 Å². The maximum Gasteiger partial charge on any atom is 0.405 e. The molecule has 0 saturated carbocycles. The van der Waals surface area contributed by atoms with Crippen molar-refractivity contribution in [2.45, 2.75) is 39.7 Å². The number of benzene rings is 2. The lowest BCUT2D eigenvalue weighted by atomic mass is 9.85. The second-order valence-electron chi connectivity index (χ2n) is 7.49. The van der Waals surface area contributed by atoms with Crippen LogP contribution in [-0.4, -0.2) is 17.8 Å². The number of rotatable bonds is 5. The first-order valence-electron chi connectivity index (χ1n) is 8.86. The molecule has 0 radical (unpaired) electrons. The molecule has 2 aromatic carbocycles. The molecule has 5 heteroatoms. The summed E-state index contributed by atoms with van der Waals surface area (Å²) in [4.78, 5) is 11.1. The Bertz CT molecular complexity index is 832. The number of amides is 1. The summed E-state index contributed by atoms with van der Waals surface area (Å²) in [5, 5.41) is 11.8. The zero-order chi connectivity index (χ0) is 18.9. The molecule has 26 heavy (non-hydrogen) atoms. The van der Waals surface area contributed by atoms with Gasteiger partial charge in [0, 0.05) is 6.07 Å². The SMILES string of the molecule is CCCOc1cc(F)cc(-c2ccc3c(c2)CC(C)(C)C3NC(=O)O)c1. The summed E-state index contributed by atoms with van der Waals surface area (Å²) in [6.45, 7) is 6.65. The van der Waals surface area contributed by atoms with E-state index < -0.39 is 6.09 Å². The molecule has 138 valence electrons. The highest BCUT2D eigenvalue weighted by Gasteiger charge is 2.39. The molecule has 1 aliphatic carbocycles. The number of halogens is 1. The quantitative estimate of drug-likeness (QED) is 0.776. The molecule has 1 aliphatic rings. The molecule has 0 heterocycles. The van der Waals surface area contributed by atoms with Crippen LogP contribution in [0.4, 0.5) is 9.18 Å². The maximum absolute atomic E-state index is 14.0. The average Bonchev–Trinajstić information content (AvgIpc) is 2.81. The van der Waals surface area contributed by atoms with Crippen molar-refractivity contribution in [2.75, 3.05) is 6.61 Å². The van der Waals surface area contributed by atoms with E-state index >= 15 is 0 Å². The molecule has 0 aromatic heterocycles. The summed E-state index contributed by atoms with van der Waals surface area (Å²) in [6.07, 6.45) is 0.593.